The van der Waals surface area contributed by atoms with Crippen LogP contribution in [0.3, 0.4) is 0 Å². The van der Waals surface area contributed by atoms with Gasteiger partial charge in [-0.05, 0) is 42.3 Å². The lowest BCUT2D eigenvalue weighted by Gasteiger charge is -2.21. The maximum atomic E-state index is 13.2. The molecule has 1 atom stereocenters. The quantitative estimate of drug-likeness (QED) is 0.739. The number of nitrogens with zero attached hydrogens (tertiary/aromatic N) is 1. The van der Waals surface area contributed by atoms with Crippen LogP contribution in [0.2, 0.25) is 15.1 Å². The third-order valence-electron chi connectivity index (χ3n) is 4.57. The molecule has 1 N–H and O–H groups in total. The van der Waals surface area contributed by atoms with E-state index < -0.39 is 23.5 Å². The minimum Gasteiger partial charge on any atom is -0.417 e. The molecule has 2 aliphatic rings. The van der Waals surface area contributed by atoms with Gasteiger partial charge in [-0.3, -0.25) is 14.9 Å². The predicted octanol–water partition coefficient (Wildman–Crippen LogP) is 3.96. The van der Waals surface area contributed by atoms with E-state index >= 15 is 0 Å². The topological polar surface area (TPSA) is 75.7 Å². The number of ether oxygens (including phenoxy) is 1. The molecule has 0 aliphatic carbocycles. The minimum atomic E-state index is -2.07. The maximum absolute atomic E-state index is 13.2. The summed E-state index contributed by atoms with van der Waals surface area (Å²) in [4.78, 5) is 38.8. The average molecular weight is 426 g/mol. The summed E-state index contributed by atoms with van der Waals surface area (Å²) >= 11 is 18.1. The summed E-state index contributed by atoms with van der Waals surface area (Å²) in [6.45, 7) is 1.87. The summed E-state index contributed by atoms with van der Waals surface area (Å²) < 4.78 is 5.18. The standard InChI is InChI=1S/C18H11Cl3N2O4/c1-8-4-10(19)6-11-14(8)23(7-9-2-3-12(20)13(21)5-9)16(25)18(11)15(24)22-17(26)27-18/h2-6H,7H2,1H3,(H,22,24,26). The van der Waals surface area contributed by atoms with E-state index in [-0.39, 0.29) is 12.1 Å². The molecular weight excluding hydrogens is 415 g/mol. The third-order valence-corrected chi connectivity index (χ3v) is 5.52. The van der Waals surface area contributed by atoms with Crippen LogP contribution in [0.4, 0.5) is 10.5 Å². The van der Waals surface area contributed by atoms with Gasteiger partial charge in [0.25, 0.3) is 17.4 Å². The number of fused-ring (bicyclic) bond motifs is 2. The molecule has 2 aromatic carbocycles. The molecule has 1 spiro atoms. The molecular formula is C18H11Cl3N2O4. The number of amides is 3. The number of carbonyl (C=O) groups excluding carboxylic acids is 3. The summed E-state index contributed by atoms with van der Waals surface area (Å²) in [6, 6.07) is 8.11. The highest BCUT2D eigenvalue weighted by Crippen LogP contribution is 2.48. The van der Waals surface area contributed by atoms with Gasteiger partial charge in [0.05, 0.1) is 22.3 Å². The molecule has 27 heavy (non-hydrogen) atoms. The van der Waals surface area contributed by atoms with Gasteiger partial charge in [0.15, 0.2) is 0 Å². The van der Waals surface area contributed by atoms with Crippen molar-refractivity contribution in [3.05, 3.63) is 62.1 Å². The Balaban J connectivity index is 1.87. The molecule has 2 heterocycles. The number of anilines is 1. The van der Waals surface area contributed by atoms with Crippen molar-refractivity contribution in [2.75, 3.05) is 4.90 Å². The van der Waals surface area contributed by atoms with E-state index in [1.165, 1.54) is 11.0 Å². The van der Waals surface area contributed by atoms with Gasteiger partial charge in [-0.2, -0.15) is 0 Å². The average Bonchev–Trinajstić information content (AvgIpc) is 3.01. The summed E-state index contributed by atoms with van der Waals surface area (Å²) in [5.41, 5.74) is -0.00206. The van der Waals surface area contributed by atoms with Crippen molar-refractivity contribution < 1.29 is 19.1 Å². The van der Waals surface area contributed by atoms with Crippen molar-refractivity contribution in [3.63, 3.8) is 0 Å². The zero-order chi connectivity index (χ0) is 19.5. The van der Waals surface area contributed by atoms with Crippen LogP contribution >= 0.6 is 34.8 Å². The Labute approximate surface area is 168 Å². The third kappa shape index (κ3) is 2.59. The molecule has 2 aliphatic heterocycles. The summed E-state index contributed by atoms with van der Waals surface area (Å²) in [5.74, 6) is -1.51. The summed E-state index contributed by atoms with van der Waals surface area (Å²) in [6.07, 6.45) is -0.978. The van der Waals surface area contributed by atoms with E-state index in [2.05, 4.69) is 0 Å². The monoisotopic (exact) mass is 424 g/mol. The normalized spacial score (nSPS) is 20.9. The molecule has 138 valence electrons. The molecule has 2 aromatic rings. The number of rotatable bonds is 2. The van der Waals surface area contributed by atoms with Gasteiger partial charge >= 0.3 is 6.09 Å². The number of aryl methyl sites for hydroxylation is 1. The summed E-state index contributed by atoms with van der Waals surface area (Å²) in [5, 5.41) is 3.08. The van der Waals surface area contributed by atoms with Crippen LogP contribution in [0.1, 0.15) is 16.7 Å². The number of halogens is 3. The number of hydrogen-bond acceptors (Lipinski definition) is 4. The van der Waals surface area contributed by atoms with Gasteiger partial charge in [-0.25, -0.2) is 4.79 Å². The zero-order valence-electron chi connectivity index (χ0n) is 13.8. The number of nitrogens with one attached hydrogen (secondary N) is 1. The van der Waals surface area contributed by atoms with E-state index in [1.807, 2.05) is 5.32 Å². The first-order chi connectivity index (χ1) is 12.7. The van der Waals surface area contributed by atoms with E-state index in [0.717, 1.165) is 0 Å². The van der Waals surface area contributed by atoms with Crippen molar-refractivity contribution in [1.29, 1.82) is 0 Å². The number of benzene rings is 2. The number of alkyl carbamates (subject to hydrolysis) is 1. The van der Waals surface area contributed by atoms with Crippen molar-refractivity contribution in [2.45, 2.75) is 19.1 Å². The van der Waals surface area contributed by atoms with Crippen LogP contribution < -0.4 is 10.2 Å². The van der Waals surface area contributed by atoms with Gasteiger partial charge in [0, 0.05) is 10.6 Å². The van der Waals surface area contributed by atoms with Crippen molar-refractivity contribution >= 4 is 58.4 Å². The Morgan fingerprint density at radius 3 is 2.44 bits per heavy atom. The largest absolute Gasteiger partial charge is 0.417 e. The Morgan fingerprint density at radius 1 is 1.07 bits per heavy atom. The van der Waals surface area contributed by atoms with Crippen LogP contribution in [-0.4, -0.2) is 17.9 Å². The maximum Gasteiger partial charge on any atom is 0.415 e. The Morgan fingerprint density at radius 2 is 1.81 bits per heavy atom. The fourth-order valence-corrected chi connectivity index (χ4v) is 4.04. The Kier molecular flexibility index (Phi) is 4.10. The Hall–Kier alpha value is -2.28. The van der Waals surface area contributed by atoms with E-state index in [1.54, 1.807) is 31.2 Å². The molecule has 0 saturated carbocycles. The molecule has 6 nitrogen and oxygen atoms in total. The van der Waals surface area contributed by atoms with Crippen molar-refractivity contribution in [1.82, 2.24) is 5.32 Å². The van der Waals surface area contributed by atoms with Gasteiger partial charge in [0.1, 0.15) is 0 Å². The number of imide groups is 1. The second kappa shape index (κ2) is 6.12. The first kappa shape index (κ1) is 18.1. The molecule has 1 unspecified atom stereocenters. The molecule has 4 rings (SSSR count). The lowest BCUT2D eigenvalue weighted by atomic mass is 9.93. The second-order valence-corrected chi connectivity index (χ2v) is 7.53. The molecule has 1 fully saturated rings. The molecule has 9 heteroatoms. The lowest BCUT2D eigenvalue weighted by Crippen LogP contribution is -2.46. The highest BCUT2D eigenvalue weighted by atomic mass is 35.5. The van der Waals surface area contributed by atoms with Crippen molar-refractivity contribution in [2.24, 2.45) is 0 Å². The van der Waals surface area contributed by atoms with Gasteiger partial charge in [-0.1, -0.05) is 40.9 Å². The Bertz CT molecular complexity index is 1040. The van der Waals surface area contributed by atoms with Crippen LogP contribution in [0, 0.1) is 6.92 Å². The van der Waals surface area contributed by atoms with Crippen molar-refractivity contribution in [3.8, 4) is 0 Å². The molecule has 1 saturated heterocycles. The van der Waals surface area contributed by atoms with Crippen LogP contribution in [0.5, 0.6) is 0 Å². The van der Waals surface area contributed by atoms with E-state index in [9.17, 15) is 14.4 Å². The van der Waals surface area contributed by atoms with Crippen LogP contribution in [0.25, 0.3) is 0 Å². The zero-order valence-corrected chi connectivity index (χ0v) is 16.1. The summed E-state index contributed by atoms with van der Waals surface area (Å²) in [7, 11) is 0. The first-order valence-electron chi connectivity index (χ1n) is 7.85. The van der Waals surface area contributed by atoms with E-state index in [0.29, 0.717) is 31.9 Å². The SMILES string of the molecule is Cc1cc(Cl)cc2c1N(Cc1ccc(Cl)c(Cl)c1)C(=O)C21OC(=O)NC1=O. The molecule has 3 amide bonds. The predicted molar refractivity (Wildman–Crippen MR) is 100 cm³/mol. The van der Waals surface area contributed by atoms with E-state index in [4.69, 9.17) is 39.5 Å². The number of carbonyl (C=O) groups is 3. The molecule has 0 bridgehead atoms. The minimum absolute atomic E-state index is 0.109. The van der Waals surface area contributed by atoms with Gasteiger partial charge in [0.2, 0.25) is 0 Å². The molecule has 0 radical (unpaired) electrons. The lowest BCUT2D eigenvalue weighted by molar-refractivity contribution is -0.145. The highest BCUT2D eigenvalue weighted by Gasteiger charge is 2.64. The molecule has 0 aromatic heterocycles. The fourth-order valence-electron chi connectivity index (χ4n) is 3.45. The fraction of sp³-hybridized carbons (Fsp3) is 0.167. The van der Waals surface area contributed by atoms with Crippen LogP contribution in [0.15, 0.2) is 30.3 Å². The van der Waals surface area contributed by atoms with Gasteiger partial charge < -0.3 is 9.64 Å². The smallest absolute Gasteiger partial charge is 0.415 e. The van der Waals surface area contributed by atoms with Crippen LogP contribution in [-0.2, 0) is 26.5 Å². The highest BCUT2D eigenvalue weighted by molar-refractivity contribution is 6.42. The number of hydrogen-bond donors (Lipinski definition) is 1. The second-order valence-electron chi connectivity index (χ2n) is 6.28. The van der Waals surface area contributed by atoms with Gasteiger partial charge in [-0.15, -0.1) is 0 Å². The first-order valence-corrected chi connectivity index (χ1v) is 8.98.